The first-order chi connectivity index (χ1) is 8.34. The van der Waals surface area contributed by atoms with Crippen molar-refractivity contribution >= 4 is 5.91 Å². The lowest BCUT2D eigenvalue weighted by Crippen LogP contribution is -2.48. The molecule has 1 aliphatic heterocycles. The summed E-state index contributed by atoms with van der Waals surface area (Å²) in [6.07, 6.45) is -2.59. The smallest absolute Gasteiger partial charge is 0.333 e. The molecule has 18 heavy (non-hydrogen) atoms. The molecule has 1 fully saturated rings. The first-order valence-corrected chi connectivity index (χ1v) is 6.41. The Kier molecular flexibility index (Phi) is 5.01. The van der Waals surface area contributed by atoms with Gasteiger partial charge in [-0.25, -0.2) is 0 Å². The van der Waals surface area contributed by atoms with Gasteiger partial charge in [0.1, 0.15) is 6.54 Å². The first kappa shape index (κ1) is 15.3. The summed E-state index contributed by atoms with van der Waals surface area (Å²) in [6.45, 7) is 3.86. The van der Waals surface area contributed by atoms with Gasteiger partial charge in [-0.15, -0.1) is 0 Å². The zero-order chi connectivity index (χ0) is 13.8. The highest BCUT2D eigenvalue weighted by atomic mass is 19.4. The SMILES string of the molecule is CCCN(CC(F)(F)F)C(=O)C1(CC)CCNC1. The second kappa shape index (κ2) is 5.91. The average Bonchev–Trinajstić information content (AvgIpc) is 2.75. The summed E-state index contributed by atoms with van der Waals surface area (Å²) >= 11 is 0. The van der Waals surface area contributed by atoms with Crippen molar-refractivity contribution in [3.05, 3.63) is 0 Å². The van der Waals surface area contributed by atoms with E-state index < -0.39 is 18.1 Å². The van der Waals surface area contributed by atoms with Crippen LogP contribution in [0.15, 0.2) is 0 Å². The lowest BCUT2D eigenvalue weighted by atomic mass is 9.82. The Labute approximate surface area is 106 Å². The zero-order valence-electron chi connectivity index (χ0n) is 10.9. The molecule has 1 N–H and O–H groups in total. The molecule has 0 spiro atoms. The second-order valence-electron chi connectivity index (χ2n) is 4.90. The lowest BCUT2D eigenvalue weighted by molar-refractivity contribution is -0.167. The average molecular weight is 266 g/mol. The standard InChI is InChI=1S/C12H21F3N2O/c1-3-7-17(9-12(13,14)15)10(18)11(4-2)5-6-16-8-11/h16H,3-9H2,1-2H3. The van der Waals surface area contributed by atoms with E-state index in [9.17, 15) is 18.0 Å². The number of halogens is 3. The van der Waals surface area contributed by atoms with Gasteiger partial charge >= 0.3 is 6.18 Å². The highest BCUT2D eigenvalue weighted by molar-refractivity contribution is 5.83. The van der Waals surface area contributed by atoms with Gasteiger partial charge in [0.15, 0.2) is 0 Å². The molecule has 0 aromatic heterocycles. The Morgan fingerprint density at radius 2 is 2.06 bits per heavy atom. The van der Waals surface area contributed by atoms with Crippen LogP contribution in [0.1, 0.15) is 33.1 Å². The van der Waals surface area contributed by atoms with E-state index >= 15 is 0 Å². The number of nitrogens with zero attached hydrogens (tertiary/aromatic N) is 1. The maximum absolute atomic E-state index is 12.5. The van der Waals surface area contributed by atoms with Gasteiger partial charge in [-0.3, -0.25) is 4.79 Å². The molecule has 106 valence electrons. The number of hydrogen-bond donors (Lipinski definition) is 1. The highest BCUT2D eigenvalue weighted by Crippen LogP contribution is 2.33. The third kappa shape index (κ3) is 3.60. The summed E-state index contributed by atoms with van der Waals surface area (Å²) in [6, 6.07) is 0. The Morgan fingerprint density at radius 3 is 2.44 bits per heavy atom. The molecule has 1 unspecified atom stereocenters. The van der Waals surface area contributed by atoms with Gasteiger partial charge < -0.3 is 10.2 Å². The van der Waals surface area contributed by atoms with Crippen LogP contribution in [-0.2, 0) is 4.79 Å². The minimum atomic E-state index is -4.33. The summed E-state index contributed by atoms with van der Waals surface area (Å²) in [5, 5.41) is 3.08. The predicted molar refractivity (Wildman–Crippen MR) is 63.1 cm³/mol. The van der Waals surface area contributed by atoms with Gasteiger partial charge in [0.25, 0.3) is 0 Å². The Morgan fingerprint density at radius 1 is 1.39 bits per heavy atom. The van der Waals surface area contributed by atoms with Gasteiger partial charge in [0.2, 0.25) is 5.91 Å². The largest absolute Gasteiger partial charge is 0.406 e. The second-order valence-corrected chi connectivity index (χ2v) is 4.90. The van der Waals surface area contributed by atoms with Crippen molar-refractivity contribution in [3.63, 3.8) is 0 Å². The van der Waals surface area contributed by atoms with Crippen molar-refractivity contribution in [2.24, 2.45) is 5.41 Å². The molecular formula is C12H21F3N2O. The van der Waals surface area contributed by atoms with Crippen LogP contribution < -0.4 is 5.32 Å². The molecule has 3 nitrogen and oxygen atoms in total. The summed E-state index contributed by atoms with van der Waals surface area (Å²) in [5.74, 6) is -0.353. The van der Waals surface area contributed by atoms with Crippen molar-refractivity contribution in [3.8, 4) is 0 Å². The van der Waals surface area contributed by atoms with E-state index in [1.54, 1.807) is 6.92 Å². The molecule has 1 atom stereocenters. The number of carbonyl (C=O) groups excluding carboxylic acids is 1. The fourth-order valence-corrected chi connectivity index (χ4v) is 2.45. The number of hydrogen-bond acceptors (Lipinski definition) is 2. The normalized spacial score (nSPS) is 24.3. The van der Waals surface area contributed by atoms with Crippen molar-refractivity contribution in [2.75, 3.05) is 26.2 Å². The van der Waals surface area contributed by atoms with Crippen LogP contribution in [0.4, 0.5) is 13.2 Å². The van der Waals surface area contributed by atoms with Crippen LogP contribution >= 0.6 is 0 Å². The van der Waals surface area contributed by atoms with E-state index in [1.165, 1.54) is 0 Å². The van der Waals surface area contributed by atoms with Gasteiger partial charge in [-0.05, 0) is 25.8 Å². The monoisotopic (exact) mass is 266 g/mol. The van der Waals surface area contributed by atoms with Crippen LogP contribution in [0.2, 0.25) is 0 Å². The number of rotatable bonds is 5. The van der Waals surface area contributed by atoms with Crippen molar-refractivity contribution in [1.82, 2.24) is 10.2 Å². The lowest BCUT2D eigenvalue weighted by Gasteiger charge is -2.33. The van der Waals surface area contributed by atoms with E-state index in [0.717, 1.165) is 4.90 Å². The molecule has 0 aromatic carbocycles. The van der Waals surface area contributed by atoms with E-state index in [2.05, 4.69) is 5.32 Å². The number of amides is 1. The topological polar surface area (TPSA) is 32.3 Å². The third-order valence-electron chi connectivity index (χ3n) is 3.53. The molecule has 0 bridgehead atoms. The molecule has 0 aliphatic carbocycles. The minimum Gasteiger partial charge on any atom is -0.333 e. The van der Waals surface area contributed by atoms with Gasteiger partial charge in [0, 0.05) is 13.1 Å². The Bertz CT molecular complexity index is 286. The summed E-state index contributed by atoms with van der Waals surface area (Å²) in [4.78, 5) is 13.3. The Balaban J connectivity index is 2.81. The van der Waals surface area contributed by atoms with Crippen LogP contribution in [0.25, 0.3) is 0 Å². The van der Waals surface area contributed by atoms with E-state index in [1.807, 2.05) is 6.92 Å². The summed E-state index contributed by atoms with van der Waals surface area (Å²) in [7, 11) is 0. The molecule has 1 aliphatic rings. The van der Waals surface area contributed by atoms with Crippen LogP contribution in [-0.4, -0.2) is 43.2 Å². The fourth-order valence-electron chi connectivity index (χ4n) is 2.45. The van der Waals surface area contributed by atoms with Crippen molar-refractivity contribution < 1.29 is 18.0 Å². The highest BCUT2D eigenvalue weighted by Gasteiger charge is 2.44. The molecular weight excluding hydrogens is 245 g/mol. The number of nitrogens with one attached hydrogen (secondary N) is 1. The molecule has 6 heteroatoms. The zero-order valence-corrected chi connectivity index (χ0v) is 10.9. The first-order valence-electron chi connectivity index (χ1n) is 6.41. The molecule has 1 rings (SSSR count). The molecule has 0 aromatic rings. The summed E-state index contributed by atoms with van der Waals surface area (Å²) < 4.78 is 37.5. The number of alkyl halides is 3. The summed E-state index contributed by atoms with van der Waals surface area (Å²) in [5.41, 5.74) is -0.638. The van der Waals surface area contributed by atoms with Crippen LogP contribution in [0.3, 0.4) is 0 Å². The van der Waals surface area contributed by atoms with E-state index in [4.69, 9.17) is 0 Å². The van der Waals surface area contributed by atoms with Gasteiger partial charge in [0.05, 0.1) is 5.41 Å². The van der Waals surface area contributed by atoms with E-state index in [0.29, 0.717) is 32.4 Å². The fraction of sp³-hybridized carbons (Fsp3) is 0.917. The minimum absolute atomic E-state index is 0.167. The van der Waals surface area contributed by atoms with Crippen molar-refractivity contribution in [1.29, 1.82) is 0 Å². The van der Waals surface area contributed by atoms with Crippen LogP contribution in [0.5, 0.6) is 0 Å². The number of carbonyl (C=O) groups is 1. The molecule has 1 saturated heterocycles. The quantitative estimate of drug-likeness (QED) is 0.827. The maximum atomic E-state index is 12.5. The van der Waals surface area contributed by atoms with Crippen LogP contribution in [0, 0.1) is 5.41 Å². The van der Waals surface area contributed by atoms with Gasteiger partial charge in [-0.2, -0.15) is 13.2 Å². The molecule has 0 radical (unpaired) electrons. The predicted octanol–water partition coefficient (Wildman–Crippen LogP) is 2.18. The van der Waals surface area contributed by atoms with E-state index in [-0.39, 0.29) is 12.5 Å². The molecule has 0 saturated carbocycles. The Hall–Kier alpha value is -0.780. The van der Waals surface area contributed by atoms with Crippen molar-refractivity contribution in [2.45, 2.75) is 39.3 Å². The third-order valence-corrected chi connectivity index (χ3v) is 3.53. The van der Waals surface area contributed by atoms with Gasteiger partial charge in [-0.1, -0.05) is 13.8 Å². The molecule has 1 amide bonds. The molecule has 1 heterocycles. The maximum Gasteiger partial charge on any atom is 0.406 e.